The molecule has 5 heteroatoms. The summed E-state index contributed by atoms with van der Waals surface area (Å²) in [5.74, 6) is 1.31. The van der Waals surface area contributed by atoms with E-state index < -0.39 is 0 Å². The summed E-state index contributed by atoms with van der Waals surface area (Å²) in [5, 5.41) is 0. The van der Waals surface area contributed by atoms with Crippen LogP contribution in [-0.2, 0) is 0 Å². The minimum absolute atomic E-state index is 0.0150. The first kappa shape index (κ1) is 13.0. The van der Waals surface area contributed by atoms with Crippen LogP contribution in [0.5, 0.6) is 11.5 Å². The summed E-state index contributed by atoms with van der Waals surface area (Å²) in [4.78, 5) is 16.9. The lowest BCUT2D eigenvalue weighted by Crippen LogP contribution is -2.42. The maximum absolute atomic E-state index is 12.9. The average molecular weight is 296 g/mol. The number of fused-ring (bicyclic) bond motifs is 2. The molecule has 2 heterocycles. The third-order valence-corrected chi connectivity index (χ3v) is 4.11. The molecule has 0 fully saturated rings. The number of carbonyl (C=O) groups excluding carboxylic acids is 1. The largest absolute Gasteiger partial charge is 0.454 e. The predicted molar refractivity (Wildman–Crippen MR) is 84.0 cm³/mol. The molecule has 0 atom stereocenters. The summed E-state index contributed by atoms with van der Waals surface area (Å²) in [6, 6.07) is 13.3. The number of likely N-dealkylation sites (N-methyl/N-ethyl adjacent to an activating group) is 1. The van der Waals surface area contributed by atoms with Gasteiger partial charge in [0, 0.05) is 25.7 Å². The van der Waals surface area contributed by atoms with Crippen LogP contribution < -0.4 is 19.3 Å². The van der Waals surface area contributed by atoms with Gasteiger partial charge in [-0.2, -0.15) is 0 Å². The van der Waals surface area contributed by atoms with E-state index in [1.807, 2.05) is 36.2 Å². The van der Waals surface area contributed by atoms with Gasteiger partial charge in [0.15, 0.2) is 11.5 Å². The average Bonchev–Trinajstić information content (AvgIpc) is 3.02. The van der Waals surface area contributed by atoms with Crippen molar-refractivity contribution in [2.24, 2.45) is 0 Å². The van der Waals surface area contributed by atoms with E-state index in [9.17, 15) is 4.79 Å². The van der Waals surface area contributed by atoms with Crippen molar-refractivity contribution in [3.8, 4) is 11.5 Å². The highest BCUT2D eigenvalue weighted by Crippen LogP contribution is 2.35. The van der Waals surface area contributed by atoms with Crippen LogP contribution in [0.2, 0.25) is 0 Å². The Labute approximate surface area is 128 Å². The van der Waals surface area contributed by atoms with Gasteiger partial charge in [-0.3, -0.25) is 4.79 Å². The molecule has 1 amide bonds. The van der Waals surface area contributed by atoms with Crippen molar-refractivity contribution in [3.05, 3.63) is 48.0 Å². The Morgan fingerprint density at radius 3 is 2.64 bits per heavy atom. The number of anilines is 2. The third-order valence-electron chi connectivity index (χ3n) is 4.11. The van der Waals surface area contributed by atoms with Gasteiger partial charge in [-0.25, -0.2) is 0 Å². The van der Waals surface area contributed by atoms with Crippen LogP contribution in [0.4, 0.5) is 11.4 Å². The van der Waals surface area contributed by atoms with E-state index in [1.54, 1.807) is 18.2 Å². The van der Waals surface area contributed by atoms with Crippen molar-refractivity contribution in [2.75, 3.05) is 36.7 Å². The van der Waals surface area contributed by atoms with Crippen molar-refractivity contribution in [1.82, 2.24) is 0 Å². The second kappa shape index (κ2) is 4.94. The van der Waals surface area contributed by atoms with Crippen molar-refractivity contribution in [3.63, 3.8) is 0 Å². The highest BCUT2D eigenvalue weighted by Gasteiger charge is 2.26. The predicted octanol–water partition coefficient (Wildman–Crippen LogP) is 2.51. The Morgan fingerprint density at radius 2 is 1.77 bits per heavy atom. The van der Waals surface area contributed by atoms with Gasteiger partial charge < -0.3 is 19.3 Å². The fourth-order valence-corrected chi connectivity index (χ4v) is 2.90. The molecule has 0 N–H and O–H groups in total. The highest BCUT2D eigenvalue weighted by molar-refractivity contribution is 6.08. The number of ether oxygens (including phenoxy) is 2. The van der Waals surface area contributed by atoms with Crippen molar-refractivity contribution >= 4 is 17.3 Å². The lowest BCUT2D eigenvalue weighted by molar-refractivity contribution is 0.0986. The zero-order valence-electron chi connectivity index (χ0n) is 12.3. The molecule has 2 aliphatic rings. The highest BCUT2D eigenvalue weighted by atomic mass is 16.7. The molecule has 0 saturated heterocycles. The van der Waals surface area contributed by atoms with E-state index >= 15 is 0 Å². The zero-order valence-corrected chi connectivity index (χ0v) is 12.3. The normalized spacial score (nSPS) is 15.7. The molecule has 5 nitrogen and oxygen atoms in total. The van der Waals surface area contributed by atoms with Crippen LogP contribution in [0.15, 0.2) is 42.5 Å². The van der Waals surface area contributed by atoms with E-state index in [2.05, 4.69) is 4.90 Å². The molecule has 0 spiro atoms. The molecule has 0 unspecified atom stereocenters. The van der Waals surface area contributed by atoms with Gasteiger partial charge in [-0.15, -0.1) is 0 Å². The van der Waals surface area contributed by atoms with E-state index in [0.29, 0.717) is 23.6 Å². The van der Waals surface area contributed by atoms with E-state index in [1.165, 1.54) is 0 Å². The molecule has 0 radical (unpaired) electrons. The zero-order chi connectivity index (χ0) is 15.1. The van der Waals surface area contributed by atoms with Crippen molar-refractivity contribution < 1.29 is 14.3 Å². The van der Waals surface area contributed by atoms with E-state index in [0.717, 1.165) is 17.9 Å². The lowest BCUT2D eigenvalue weighted by atomic mass is 10.1. The number of nitrogens with zero attached hydrogens (tertiary/aromatic N) is 2. The van der Waals surface area contributed by atoms with Crippen LogP contribution in [0.3, 0.4) is 0 Å². The molecule has 2 aliphatic heterocycles. The number of hydrogen-bond acceptors (Lipinski definition) is 4. The van der Waals surface area contributed by atoms with E-state index in [4.69, 9.17) is 9.47 Å². The standard InChI is InChI=1S/C17H16N2O3/c1-18-8-9-19(14-5-3-2-4-13(14)18)17(20)12-6-7-15-16(10-12)22-11-21-15/h2-7,10H,8-9,11H2,1H3. The van der Waals surface area contributed by atoms with Crippen molar-refractivity contribution in [2.45, 2.75) is 0 Å². The SMILES string of the molecule is CN1CCN(C(=O)c2ccc3c(c2)OCO3)c2ccccc21. The fraction of sp³-hybridized carbons (Fsp3) is 0.235. The minimum Gasteiger partial charge on any atom is -0.454 e. The van der Waals surface area contributed by atoms with Crippen LogP contribution in [-0.4, -0.2) is 32.8 Å². The van der Waals surface area contributed by atoms with Gasteiger partial charge in [0.1, 0.15) is 0 Å². The van der Waals surface area contributed by atoms with Gasteiger partial charge in [0.25, 0.3) is 5.91 Å². The number of carbonyl (C=O) groups is 1. The fourth-order valence-electron chi connectivity index (χ4n) is 2.90. The Morgan fingerprint density at radius 1 is 1.00 bits per heavy atom. The summed E-state index contributed by atoms with van der Waals surface area (Å²) >= 11 is 0. The quantitative estimate of drug-likeness (QED) is 0.811. The van der Waals surface area contributed by atoms with Gasteiger partial charge >= 0.3 is 0 Å². The lowest BCUT2D eigenvalue weighted by Gasteiger charge is -2.35. The topological polar surface area (TPSA) is 42.0 Å². The first-order chi connectivity index (χ1) is 10.7. The molecule has 4 rings (SSSR count). The molecular weight excluding hydrogens is 280 g/mol. The molecule has 22 heavy (non-hydrogen) atoms. The number of para-hydroxylation sites is 2. The summed E-state index contributed by atoms with van der Waals surface area (Å²) in [6.07, 6.45) is 0. The molecular formula is C17H16N2O3. The Hall–Kier alpha value is -2.69. The van der Waals surface area contributed by atoms with Gasteiger partial charge in [0.2, 0.25) is 6.79 Å². The van der Waals surface area contributed by atoms with Crippen molar-refractivity contribution in [1.29, 1.82) is 0 Å². The summed E-state index contributed by atoms with van der Waals surface area (Å²) in [7, 11) is 2.04. The number of amides is 1. The first-order valence-corrected chi connectivity index (χ1v) is 7.26. The van der Waals surface area contributed by atoms with E-state index in [-0.39, 0.29) is 12.7 Å². The van der Waals surface area contributed by atoms with Crippen LogP contribution in [0, 0.1) is 0 Å². The monoisotopic (exact) mass is 296 g/mol. The maximum atomic E-state index is 12.9. The Bertz CT molecular complexity index is 744. The third kappa shape index (κ3) is 1.97. The molecule has 112 valence electrons. The second-order valence-electron chi connectivity index (χ2n) is 5.44. The maximum Gasteiger partial charge on any atom is 0.258 e. The molecule has 0 saturated carbocycles. The van der Waals surface area contributed by atoms with Crippen LogP contribution in [0.25, 0.3) is 0 Å². The minimum atomic E-state index is -0.0150. The number of benzene rings is 2. The number of rotatable bonds is 1. The van der Waals surface area contributed by atoms with Gasteiger partial charge in [0.05, 0.1) is 11.4 Å². The second-order valence-corrected chi connectivity index (χ2v) is 5.44. The summed E-state index contributed by atoms with van der Waals surface area (Å²) in [6.45, 7) is 1.69. The van der Waals surface area contributed by atoms with Gasteiger partial charge in [-0.05, 0) is 30.3 Å². The first-order valence-electron chi connectivity index (χ1n) is 7.26. The molecule has 0 aliphatic carbocycles. The molecule has 2 aromatic carbocycles. The molecule has 2 aromatic rings. The smallest absolute Gasteiger partial charge is 0.258 e. The Kier molecular flexibility index (Phi) is 2.92. The van der Waals surface area contributed by atoms with Crippen LogP contribution in [0.1, 0.15) is 10.4 Å². The summed E-state index contributed by atoms with van der Waals surface area (Å²) in [5.41, 5.74) is 2.63. The van der Waals surface area contributed by atoms with Gasteiger partial charge in [-0.1, -0.05) is 12.1 Å². The van der Waals surface area contributed by atoms with Crippen LogP contribution >= 0.6 is 0 Å². The molecule has 0 bridgehead atoms. The molecule has 0 aromatic heterocycles. The summed E-state index contributed by atoms with van der Waals surface area (Å²) < 4.78 is 10.7. The number of hydrogen-bond donors (Lipinski definition) is 0. The Balaban J connectivity index is 1.70.